The van der Waals surface area contributed by atoms with Crippen molar-refractivity contribution in [1.82, 2.24) is 15.1 Å². The summed E-state index contributed by atoms with van der Waals surface area (Å²) in [6, 6.07) is 0. The van der Waals surface area contributed by atoms with Crippen LogP contribution in [0.2, 0.25) is 0 Å². The molecule has 1 aliphatic rings. The van der Waals surface area contributed by atoms with Crippen LogP contribution in [0.4, 0.5) is 0 Å². The number of nitrogens with zero attached hydrogens (tertiary/aromatic N) is 4. The van der Waals surface area contributed by atoms with E-state index in [0.717, 1.165) is 37.2 Å². The molecule has 0 saturated carbocycles. The van der Waals surface area contributed by atoms with Gasteiger partial charge in [0.2, 0.25) is 5.88 Å². The second kappa shape index (κ2) is 6.04. The molecule has 0 aliphatic carbocycles. The van der Waals surface area contributed by atoms with Crippen LogP contribution in [0.25, 0.3) is 0 Å². The van der Waals surface area contributed by atoms with Crippen molar-refractivity contribution in [2.75, 3.05) is 20.1 Å². The molecular weight excluding hydrogens is 258 g/mol. The number of aryl methyl sites for hydroxylation is 1. The van der Waals surface area contributed by atoms with Crippen LogP contribution < -0.4 is 10.5 Å². The second-order valence-corrected chi connectivity index (χ2v) is 5.20. The number of rotatable bonds is 3. The largest absolute Gasteiger partial charge is 0.473 e. The SMILES string of the molecule is Cc1nnc(OC2CCN(C)CC2)c(/C(N)=N/O)c1C. The highest BCUT2D eigenvalue weighted by atomic mass is 16.5. The first-order valence-electron chi connectivity index (χ1n) is 6.70. The molecule has 110 valence electrons. The smallest absolute Gasteiger partial charge is 0.245 e. The number of hydrogen-bond donors (Lipinski definition) is 2. The van der Waals surface area contributed by atoms with Crippen LogP contribution in [0.1, 0.15) is 29.7 Å². The minimum absolute atomic E-state index is 0.00317. The van der Waals surface area contributed by atoms with Crippen molar-refractivity contribution < 1.29 is 9.94 Å². The molecule has 1 aliphatic heterocycles. The summed E-state index contributed by atoms with van der Waals surface area (Å²) >= 11 is 0. The maximum atomic E-state index is 8.92. The zero-order valence-corrected chi connectivity index (χ0v) is 12.1. The summed E-state index contributed by atoms with van der Waals surface area (Å²) in [7, 11) is 2.09. The van der Waals surface area contributed by atoms with Crippen LogP contribution in [0.5, 0.6) is 5.88 Å². The zero-order valence-electron chi connectivity index (χ0n) is 12.1. The summed E-state index contributed by atoms with van der Waals surface area (Å²) < 4.78 is 5.92. The lowest BCUT2D eigenvalue weighted by Gasteiger charge is -2.29. The average Bonchev–Trinajstić information content (AvgIpc) is 2.45. The summed E-state index contributed by atoms with van der Waals surface area (Å²) in [4.78, 5) is 2.26. The third kappa shape index (κ3) is 2.98. The Bertz CT molecular complexity index is 510. The lowest BCUT2D eigenvalue weighted by molar-refractivity contribution is 0.108. The van der Waals surface area contributed by atoms with Gasteiger partial charge in [0.05, 0.1) is 11.3 Å². The Balaban J connectivity index is 2.25. The summed E-state index contributed by atoms with van der Waals surface area (Å²) in [5.41, 5.74) is 7.82. The summed E-state index contributed by atoms with van der Waals surface area (Å²) in [6.07, 6.45) is 1.95. The number of hydrogen-bond acceptors (Lipinski definition) is 6. The normalized spacial score (nSPS) is 18.2. The van der Waals surface area contributed by atoms with E-state index in [1.807, 2.05) is 13.8 Å². The van der Waals surface area contributed by atoms with Gasteiger partial charge in [0.25, 0.3) is 0 Å². The number of likely N-dealkylation sites (tertiary alicyclic amines) is 1. The molecule has 7 nitrogen and oxygen atoms in total. The van der Waals surface area contributed by atoms with Crippen molar-refractivity contribution in [2.45, 2.75) is 32.8 Å². The van der Waals surface area contributed by atoms with Crippen LogP contribution in [-0.4, -0.2) is 52.4 Å². The maximum absolute atomic E-state index is 8.92. The molecule has 1 fully saturated rings. The monoisotopic (exact) mass is 279 g/mol. The zero-order chi connectivity index (χ0) is 14.7. The van der Waals surface area contributed by atoms with Gasteiger partial charge in [-0.1, -0.05) is 5.16 Å². The minimum Gasteiger partial charge on any atom is -0.473 e. The fraction of sp³-hybridized carbons (Fsp3) is 0.615. The highest BCUT2D eigenvalue weighted by Gasteiger charge is 2.23. The average molecular weight is 279 g/mol. The molecule has 1 aromatic heterocycles. The van der Waals surface area contributed by atoms with E-state index in [2.05, 4.69) is 27.3 Å². The Morgan fingerprint density at radius 1 is 1.35 bits per heavy atom. The molecule has 0 bridgehead atoms. The Morgan fingerprint density at radius 3 is 2.60 bits per heavy atom. The fourth-order valence-corrected chi connectivity index (χ4v) is 2.28. The van der Waals surface area contributed by atoms with E-state index in [4.69, 9.17) is 15.7 Å². The number of amidine groups is 1. The molecule has 0 aromatic carbocycles. The van der Waals surface area contributed by atoms with E-state index in [0.29, 0.717) is 11.4 Å². The van der Waals surface area contributed by atoms with Gasteiger partial charge in [0, 0.05) is 13.1 Å². The number of piperidine rings is 1. The summed E-state index contributed by atoms with van der Waals surface area (Å²) in [5.74, 6) is 0.349. The lowest BCUT2D eigenvalue weighted by Crippen LogP contribution is -2.36. The van der Waals surface area contributed by atoms with Gasteiger partial charge in [-0.25, -0.2) is 0 Å². The molecule has 0 atom stereocenters. The van der Waals surface area contributed by atoms with Crippen molar-refractivity contribution in [3.63, 3.8) is 0 Å². The van der Waals surface area contributed by atoms with Gasteiger partial charge < -0.3 is 20.6 Å². The van der Waals surface area contributed by atoms with E-state index in [9.17, 15) is 0 Å². The third-order valence-electron chi connectivity index (χ3n) is 3.73. The Hall–Kier alpha value is -1.89. The third-order valence-corrected chi connectivity index (χ3v) is 3.73. The van der Waals surface area contributed by atoms with Crippen molar-refractivity contribution in [2.24, 2.45) is 10.9 Å². The standard InChI is InChI=1S/C13H21N5O2/c1-8-9(2)15-16-13(11(8)12(14)17-19)20-10-4-6-18(3)7-5-10/h10,19H,4-7H2,1-3H3,(H2,14,17). The van der Waals surface area contributed by atoms with E-state index in [1.54, 1.807) is 0 Å². The first-order chi connectivity index (χ1) is 9.52. The number of ether oxygens (including phenoxy) is 1. The molecule has 2 rings (SSSR count). The fourth-order valence-electron chi connectivity index (χ4n) is 2.28. The van der Waals surface area contributed by atoms with Gasteiger partial charge in [-0.15, -0.1) is 5.10 Å². The van der Waals surface area contributed by atoms with Crippen LogP contribution >= 0.6 is 0 Å². The number of aromatic nitrogens is 2. The molecule has 2 heterocycles. The molecule has 0 amide bonds. The van der Waals surface area contributed by atoms with Gasteiger partial charge in [-0.3, -0.25) is 0 Å². The molecule has 3 N–H and O–H groups in total. The van der Waals surface area contributed by atoms with Crippen LogP contribution in [0, 0.1) is 13.8 Å². The minimum atomic E-state index is 0.00317. The van der Waals surface area contributed by atoms with Crippen molar-refractivity contribution in [3.05, 3.63) is 16.8 Å². The van der Waals surface area contributed by atoms with Gasteiger partial charge in [0.15, 0.2) is 5.84 Å². The molecule has 0 spiro atoms. The van der Waals surface area contributed by atoms with E-state index >= 15 is 0 Å². The second-order valence-electron chi connectivity index (χ2n) is 5.20. The van der Waals surface area contributed by atoms with Crippen LogP contribution in [0.3, 0.4) is 0 Å². The molecule has 0 radical (unpaired) electrons. The lowest BCUT2D eigenvalue weighted by atomic mass is 10.1. The number of nitrogens with two attached hydrogens (primary N) is 1. The van der Waals surface area contributed by atoms with Crippen LogP contribution in [0.15, 0.2) is 5.16 Å². The predicted molar refractivity (Wildman–Crippen MR) is 75.2 cm³/mol. The summed E-state index contributed by atoms with van der Waals surface area (Å²) in [6.45, 7) is 5.67. The first-order valence-corrected chi connectivity index (χ1v) is 6.70. The van der Waals surface area contributed by atoms with Gasteiger partial charge in [-0.05, 0) is 39.3 Å². The molecule has 0 unspecified atom stereocenters. The Kier molecular flexibility index (Phi) is 4.39. The van der Waals surface area contributed by atoms with E-state index in [-0.39, 0.29) is 11.9 Å². The number of oxime groups is 1. The highest BCUT2D eigenvalue weighted by molar-refractivity contribution is 6.00. The molecule has 20 heavy (non-hydrogen) atoms. The topological polar surface area (TPSA) is 96.9 Å². The van der Waals surface area contributed by atoms with Gasteiger partial charge in [0.1, 0.15) is 6.10 Å². The predicted octanol–water partition coefficient (Wildman–Crippen LogP) is 0.661. The van der Waals surface area contributed by atoms with Crippen LogP contribution in [-0.2, 0) is 0 Å². The quantitative estimate of drug-likeness (QED) is 0.365. The van der Waals surface area contributed by atoms with Crippen molar-refractivity contribution in [1.29, 1.82) is 0 Å². The Morgan fingerprint density at radius 2 is 2.00 bits per heavy atom. The first kappa shape index (κ1) is 14.5. The molecule has 1 saturated heterocycles. The van der Waals surface area contributed by atoms with Crippen molar-refractivity contribution >= 4 is 5.84 Å². The van der Waals surface area contributed by atoms with Gasteiger partial charge in [-0.2, -0.15) is 5.10 Å². The van der Waals surface area contributed by atoms with E-state index < -0.39 is 0 Å². The Labute approximate surface area is 118 Å². The van der Waals surface area contributed by atoms with Crippen molar-refractivity contribution in [3.8, 4) is 5.88 Å². The van der Waals surface area contributed by atoms with E-state index in [1.165, 1.54) is 0 Å². The molecule has 7 heteroatoms. The summed E-state index contributed by atoms with van der Waals surface area (Å²) in [5, 5.41) is 20.1. The molecular formula is C13H21N5O2. The van der Waals surface area contributed by atoms with Gasteiger partial charge >= 0.3 is 0 Å². The molecule has 1 aromatic rings. The highest BCUT2D eigenvalue weighted by Crippen LogP contribution is 2.23. The maximum Gasteiger partial charge on any atom is 0.245 e.